The van der Waals surface area contributed by atoms with Crippen molar-refractivity contribution in [1.29, 1.82) is 5.26 Å². The van der Waals surface area contributed by atoms with Crippen LogP contribution in [0.3, 0.4) is 0 Å². The zero-order chi connectivity index (χ0) is 17.2. The molecule has 1 amide bonds. The van der Waals surface area contributed by atoms with E-state index in [0.717, 1.165) is 18.2 Å². The lowest BCUT2D eigenvalue weighted by Gasteiger charge is -2.31. The Hall–Kier alpha value is -1.75. The van der Waals surface area contributed by atoms with E-state index >= 15 is 0 Å². The van der Waals surface area contributed by atoms with E-state index in [9.17, 15) is 18.0 Å². The molecule has 0 aliphatic rings. The van der Waals surface area contributed by atoms with E-state index < -0.39 is 29.0 Å². The minimum absolute atomic E-state index is 0.406. The molecule has 0 heterocycles. The molecule has 1 atom stereocenters. The first kappa shape index (κ1) is 18.3. The number of halogens is 4. The lowest BCUT2D eigenvalue weighted by molar-refractivity contribution is -0.181. The molecule has 0 aliphatic heterocycles. The first-order valence-corrected chi connectivity index (χ1v) is 6.96. The highest BCUT2D eigenvalue weighted by molar-refractivity contribution is 9.10. The molecular weight excluding hydrogens is 365 g/mol. The van der Waals surface area contributed by atoms with Crippen molar-refractivity contribution in [2.75, 3.05) is 0 Å². The number of carbonyl (C=O) groups is 1. The van der Waals surface area contributed by atoms with E-state index in [0.29, 0.717) is 4.47 Å². The van der Waals surface area contributed by atoms with Crippen LogP contribution in [-0.4, -0.2) is 17.9 Å². The summed E-state index contributed by atoms with van der Waals surface area (Å²) in [6.07, 6.45) is -6.35. The molecule has 0 bridgehead atoms. The lowest BCUT2D eigenvalue weighted by Crippen LogP contribution is -2.56. The highest BCUT2D eigenvalue weighted by atomic mass is 79.9. The molecule has 8 heteroatoms. The van der Waals surface area contributed by atoms with Crippen molar-refractivity contribution in [1.82, 2.24) is 5.32 Å². The number of carbonyl (C=O) groups excluding carboxylic acids is 1. The van der Waals surface area contributed by atoms with Crippen LogP contribution in [0.25, 0.3) is 0 Å². The van der Waals surface area contributed by atoms with Gasteiger partial charge in [-0.15, -0.1) is 0 Å². The fourth-order valence-electron chi connectivity index (χ4n) is 1.62. The van der Waals surface area contributed by atoms with Gasteiger partial charge in [0.15, 0.2) is 0 Å². The van der Waals surface area contributed by atoms with Crippen LogP contribution >= 0.6 is 15.9 Å². The van der Waals surface area contributed by atoms with Crippen LogP contribution in [0.15, 0.2) is 28.7 Å². The molecule has 1 rings (SSSR count). The Morgan fingerprint density at radius 1 is 1.23 bits per heavy atom. The second-order valence-electron chi connectivity index (χ2n) is 5.49. The molecule has 4 nitrogen and oxygen atoms in total. The molecule has 0 fully saturated rings. The first-order chi connectivity index (χ1) is 9.91. The number of benzene rings is 1. The van der Waals surface area contributed by atoms with Gasteiger partial charge < -0.3 is 4.74 Å². The number of nitriles is 1. The van der Waals surface area contributed by atoms with Gasteiger partial charge >= 0.3 is 12.3 Å². The zero-order valence-electron chi connectivity index (χ0n) is 12.1. The molecule has 0 radical (unpaired) electrons. The van der Waals surface area contributed by atoms with E-state index in [1.165, 1.54) is 32.9 Å². The Kier molecular flexibility index (Phi) is 5.13. The van der Waals surface area contributed by atoms with Crippen LogP contribution in [0, 0.1) is 11.3 Å². The molecule has 0 aliphatic carbocycles. The predicted molar refractivity (Wildman–Crippen MR) is 76.9 cm³/mol. The van der Waals surface area contributed by atoms with Gasteiger partial charge in [-0.25, -0.2) is 4.79 Å². The van der Waals surface area contributed by atoms with Crippen LogP contribution in [-0.2, 0) is 10.3 Å². The maximum atomic E-state index is 13.5. The highest BCUT2D eigenvalue weighted by Gasteiger charge is 2.58. The fourth-order valence-corrected chi connectivity index (χ4v) is 1.88. The summed E-state index contributed by atoms with van der Waals surface area (Å²) < 4.78 is 45.7. The molecule has 22 heavy (non-hydrogen) atoms. The molecule has 1 aromatic rings. The van der Waals surface area contributed by atoms with Crippen molar-refractivity contribution in [3.63, 3.8) is 0 Å². The first-order valence-electron chi connectivity index (χ1n) is 6.16. The smallest absolute Gasteiger partial charge is 0.429 e. The van der Waals surface area contributed by atoms with Crippen molar-refractivity contribution in [3.8, 4) is 6.07 Å². The molecule has 0 unspecified atom stereocenters. The summed E-state index contributed by atoms with van der Waals surface area (Å²) in [5, 5.41) is 10.8. The topological polar surface area (TPSA) is 62.1 Å². The van der Waals surface area contributed by atoms with Gasteiger partial charge in [-0.1, -0.05) is 28.1 Å². The SMILES string of the molecule is CC(C)(C)OC(=O)N[C@](C#N)(c1ccc(Br)cc1)C(F)(F)F. The van der Waals surface area contributed by atoms with Crippen LogP contribution in [0.2, 0.25) is 0 Å². The summed E-state index contributed by atoms with van der Waals surface area (Å²) in [5.41, 5.74) is -4.58. The third-order valence-electron chi connectivity index (χ3n) is 2.56. The van der Waals surface area contributed by atoms with Crippen LogP contribution in [0.1, 0.15) is 26.3 Å². The number of amides is 1. The largest absolute Gasteiger partial charge is 0.444 e. The molecule has 1 aromatic carbocycles. The van der Waals surface area contributed by atoms with Crippen molar-refractivity contribution in [2.24, 2.45) is 0 Å². The summed E-state index contributed by atoms with van der Waals surface area (Å²) in [6, 6.07) is 6.08. The average molecular weight is 379 g/mol. The summed E-state index contributed by atoms with van der Waals surface area (Å²) >= 11 is 3.10. The van der Waals surface area contributed by atoms with Gasteiger partial charge in [0, 0.05) is 10.0 Å². The molecule has 0 saturated carbocycles. The predicted octanol–water partition coefficient (Wildman–Crippen LogP) is 4.25. The normalized spacial score (nSPS) is 14.6. The van der Waals surface area contributed by atoms with Gasteiger partial charge in [0.25, 0.3) is 5.54 Å². The molecule has 0 saturated heterocycles. The molecule has 0 aromatic heterocycles. The Bertz CT molecular complexity index is 588. The number of nitrogens with zero attached hydrogens (tertiary/aromatic N) is 1. The van der Waals surface area contributed by atoms with Gasteiger partial charge in [0.05, 0.1) is 0 Å². The number of nitrogens with one attached hydrogen (secondary N) is 1. The minimum atomic E-state index is -5.02. The summed E-state index contributed by atoms with van der Waals surface area (Å²) in [6.45, 7) is 4.52. The van der Waals surface area contributed by atoms with Gasteiger partial charge in [-0.3, -0.25) is 5.32 Å². The van der Waals surface area contributed by atoms with Crippen molar-refractivity contribution in [2.45, 2.75) is 38.1 Å². The molecular formula is C14H14BrF3N2O2. The van der Waals surface area contributed by atoms with E-state index in [1.54, 1.807) is 5.32 Å². The third-order valence-corrected chi connectivity index (χ3v) is 3.09. The minimum Gasteiger partial charge on any atom is -0.444 e. The number of alkyl carbamates (subject to hydrolysis) is 1. The fraction of sp³-hybridized carbons (Fsp3) is 0.429. The lowest BCUT2D eigenvalue weighted by atomic mass is 9.91. The van der Waals surface area contributed by atoms with E-state index in [4.69, 9.17) is 10.00 Å². The standard InChI is InChI=1S/C14H14BrF3N2O2/c1-12(2,3)22-11(21)20-13(8-19,14(16,17)18)9-4-6-10(15)7-5-9/h4-7H,1-3H3,(H,20,21)/t13-/m1/s1. The maximum absolute atomic E-state index is 13.5. The molecule has 1 N–H and O–H groups in total. The monoisotopic (exact) mass is 378 g/mol. The number of alkyl halides is 3. The Morgan fingerprint density at radius 2 is 1.73 bits per heavy atom. The summed E-state index contributed by atoms with van der Waals surface area (Å²) in [4.78, 5) is 11.7. The molecule has 0 spiro atoms. The number of hydrogen-bond acceptors (Lipinski definition) is 3. The zero-order valence-corrected chi connectivity index (χ0v) is 13.7. The van der Waals surface area contributed by atoms with E-state index in [1.807, 2.05) is 0 Å². The van der Waals surface area contributed by atoms with Gasteiger partial charge in [-0.05, 0) is 32.9 Å². The average Bonchev–Trinajstić information content (AvgIpc) is 2.33. The maximum Gasteiger partial charge on any atom is 0.429 e. The van der Waals surface area contributed by atoms with Crippen LogP contribution in [0.5, 0.6) is 0 Å². The van der Waals surface area contributed by atoms with E-state index in [2.05, 4.69) is 15.9 Å². The number of hydrogen-bond donors (Lipinski definition) is 1. The van der Waals surface area contributed by atoms with Gasteiger partial charge in [0.1, 0.15) is 11.7 Å². The Labute approximate surface area is 134 Å². The van der Waals surface area contributed by atoms with Gasteiger partial charge in [-0.2, -0.15) is 18.4 Å². The summed E-state index contributed by atoms with van der Waals surface area (Å²) in [7, 11) is 0. The third kappa shape index (κ3) is 4.13. The second-order valence-corrected chi connectivity index (χ2v) is 6.41. The Balaban J connectivity index is 3.27. The molecule has 120 valence electrons. The number of ether oxygens (including phenoxy) is 1. The van der Waals surface area contributed by atoms with Crippen molar-refractivity contribution < 1.29 is 22.7 Å². The van der Waals surface area contributed by atoms with Crippen molar-refractivity contribution in [3.05, 3.63) is 34.3 Å². The summed E-state index contributed by atoms with van der Waals surface area (Å²) in [5.74, 6) is 0. The highest BCUT2D eigenvalue weighted by Crippen LogP contribution is 2.39. The van der Waals surface area contributed by atoms with E-state index in [-0.39, 0.29) is 0 Å². The quantitative estimate of drug-likeness (QED) is 0.836. The van der Waals surface area contributed by atoms with Crippen molar-refractivity contribution >= 4 is 22.0 Å². The van der Waals surface area contributed by atoms with Gasteiger partial charge in [0.2, 0.25) is 0 Å². The Morgan fingerprint density at radius 3 is 2.09 bits per heavy atom. The second kappa shape index (κ2) is 6.16. The van der Waals surface area contributed by atoms with Crippen LogP contribution in [0.4, 0.5) is 18.0 Å². The number of rotatable bonds is 2. The van der Waals surface area contributed by atoms with Crippen LogP contribution < -0.4 is 5.32 Å².